The third-order valence-electron chi connectivity index (χ3n) is 7.28. The maximum atomic E-state index is 13.3. The minimum absolute atomic E-state index is 0. The van der Waals surface area contributed by atoms with Crippen molar-refractivity contribution in [2.24, 2.45) is 11.7 Å². The molecule has 12 heteroatoms. The second-order valence-electron chi connectivity index (χ2n) is 9.98. The van der Waals surface area contributed by atoms with Crippen molar-refractivity contribution in [3.8, 4) is 17.5 Å². The predicted octanol–water partition coefficient (Wildman–Crippen LogP) is 3.15. The molecule has 11 nitrogen and oxygen atoms in total. The predicted molar refractivity (Wildman–Crippen MR) is 144 cm³/mol. The molecular formula is C26H31ClN8O3. The molecule has 3 heterocycles. The van der Waals surface area contributed by atoms with Gasteiger partial charge < -0.3 is 26.8 Å². The van der Waals surface area contributed by atoms with Crippen LogP contribution in [0.3, 0.4) is 0 Å². The molecule has 0 radical (unpaired) electrons. The van der Waals surface area contributed by atoms with Gasteiger partial charge in [0.1, 0.15) is 6.07 Å². The van der Waals surface area contributed by atoms with Gasteiger partial charge in [0.25, 0.3) is 5.91 Å². The number of hydrogen-bond donors (Lipinski definition) is 5. The Balaban J connectivity index is 0.00000336. The highest BCUT2D eigenvalue weighted by Gasteiger charge is 2.31. The van der Waals surface area contributed by atoms with Crippen molar-refractivity contribution in [2.45, 2.75) is 56.7 Å². The smallest absolute Gasteiger partial charge is 0.404 e. The number of fused-ring (bicyclic) bond motifs is 1. The zero-order chi connectivity index (χ0) is 25.9. The SMILES string of the molecule is Cl.N#Cc1cnn2c(-c3cc(NC4CC(CNC(=O)O)C4)c(C(=O)NC4CCC(N)CC4)cn3)ccc2c1. The lowest BCUT2D eigenvalue weighted by atomic mass is 9.80. The number of anilines is 1. The third kappa shape index (κ3) is 5.98. The Morgan fingerprint density at radius 3 is 2.61 bits per heavy atom. The van der Waals surface area contributed by atoms with Gasteiger partial charge in [-0.3, -0.25) is 9.78 Å². The number of nitrogens with zero attached hydrogens (tertiary/aromatic N) is 4. The molecule has 0 aliphatic heterocycles. The number of nitrogens with one attached hydrogen (secondary N) is 3. The normalized spacial score (nSPS) is 22.4. The summed E-state index contributed by atoms with van der Waals surface area (Å²) in [5.74, 6) is 0.0778. The zero-order valence-electron chi connectivity index (χ0n) is 20.8. The topological polar surface area (TPSA) is 170 Å². The molecule has 2 aliphatic rings. The van der Waals surface area contributed by atoms with Gasteiger partial charge in [-0.25, -0.2) is 9.31 Å². The summed E-state index contributed by atoms with van der Waals surface area (Å²) in [5.41, 5.74) is 9.78. The van der Waals surface area contributed by atoms with Crippen molar-refractivity contribution in [1.29, 1.82) is 5.26 Å². The van der Waals surface area contributed by atoms with Crippen LogP contribution in [-0.4, -0.2) is 56.4 Å². The fourth-order valence-electron chi connectivity index (χ4n) is 5.15. The monoisotopic (exact) mass is 538 g/mol. The van der Waals surface area contributed by atoms with E-state index in [0.717, 1.165) is 49.7 Å². The Kier molecular flexibility index (Phi) is 8.34. The van der Waals surface area contributed by atoms with E-state index in [1.807, 2.05) is 18.2 Å². The van der Waals surface area contributed by atoms with E-state index in [1.54, 1.807) is 16.8 Å². The number of carbonyl (C=O) groups is 2. The number of aromatic nitrogens is 3. The van der Waals surface area contributed by atoms with Crippen molar-refractivity contribution in [3.05, 3.63) is 47.8 Å². The number of halogens is 1. The average molecular weight is 539 g/mol. The number of carboxylic acid groups (broad SMARTS) is 1. The van der Waals surface area contributed by atoms with Crippen LogP contribution in [0.15, 0.2) is 36.7 Å². The Bertz CT molecular complexity index is 1360. The number of nitriles is 1. The van der Waals surface area contributed by atoms with Gasteiger partial charge in [0, 0.05) is 30.9 Å². The molecule has 38 heavy (non-hydrogen) atoms. The fourth-order valence-corrected chi connectivity index (χ4v) is 5.15. The van der Waals surface area contributed by atoms with Crippen LogP contribution in [0.5, 0.6) is 0 Å². The van der Waals surface area contributed by atoms with E-state index in [2.05, 4.69) is 32.1 Å². The largest absolute Gasteiger partial charge is 0.465 e. The summed E-state index contributed by atoms with van der Waals surface area (Å²) >= 11 is 0. The molecule has 0 atom stereocenters. The lowest BCUT2D eigenvalue weighted by molar-refractivity contribution is 0.0926. The first-order valence-corrected chi connectivity index (χ1v) is 12.6. The zero-order valence-corrected chi connectivity index (χ0v) is 21.6. The van der Waals surface area contributed by atoms with E-state index >= 15 is 0 Å². The van der Waals surface area contributed by atoms with Crippen LogP contribution in [0.2, 0.25) is 0 Å². The van der Waals surface area contributed by atoms with Crippen LogP contribution in [0, 0.1) is 17.2 Å². The first-order chi connectivity index (χ1) is 17.9. The second kappa shape index (κ2) is 11.7. The molecule has 2 amide bonds. The van der Waals surface area contributed by atoms with E-state index < -0.39 is 6.09 Å². The third-order valence-corrected chi connectivity index (χ3v) is 7.28. The minimum atomic E-state index is -1.02. The van der Waals surface area contributed by atoms with Crippen molar-refractivity contribution in [2.75, 3.05) is 11.9 Å². The van der Waals surface area contributed by atoms with Crippen molar-refractivity contribution < 1.29 is 14.7 Å². The summed E-state index contributed by atoms with van der Waals surface area (Å²) in [4.78, 5) is 28.7. The van der Waals surface area contributed by atoms with Gasteiger partial charge in [0.15, 0.2) is 0 Å². The lowest BCUT2D eigenvalue weighted by Gasteiger charge is -2.37. The van der Waals surface area contributed by atoms with Gasteiger partial charge in [-0.1, -0.05) is 0 Å². The highest BCUT2D eigenvalue weighted by molar-refractivity contribution is 6.00. The summed E-state index contributed by atoms with van der Waals surface area (Å²) in [6.07, 6.45) is 7.17. The average Bonchev–Trinajstić information content (AvgIpc) is 3.29. The van der Waals surface area contributed by atoms with E-state index in [1.165, 1.54) is 6.20 Å². The standard InChI is InChI=1S/C26H30N8O3.ClH/c27-11-16-9-20-5-6-24(34(20)31-13-16)23-10-22(32-19-7-15(8-19)12-30-26(36)37)21(14-29-23)25(35)33-18-3-1-17(28)2-4-18;/h5-6,9-10,13-15,17-19,30H,1-4,7-8,12,28H2,(H,29,32)(H,33,35)(H,36,37);1H. The first kappa shape index (κ1) is 27.2. The second-order valence-corrected chi connectivity index (χ2v) is 9.98. The summed E-state index contributed by atoms with van der Waals surface area (Å²) in [5, 5.41) is 31.5. The number of rotatable bonds is 7. The maximum absolute atomic E-state index is 13.3. The van der Waals surface area contributed by atoms with Crippen molar-refractivity contribution >= 4 is 35.6 Å². The Hall–Kier alpha value is -3.88. The molecular weight excluding hydrogens is 508 g/mol. The molecule has 2 fully saturated rings. The number of hydrogen-bond acceptors (Lipinski definition) is 7. The van der Waals surface area contributed by atoms with Crippen LogP contribution in [0.1, 0.15) is 54.4 Å². The van der Waals surface area contributed by atoms with Gasteiger partial charge in [-0.05, 0) is 68.7 Å². The number of nitrogens with two attached hydrogens (primary N) is 1. The van der Waals surface area contributed by atoms with E-state index in [4.69, 9.17) is 16.1 Å². The summed E-state index contributed by atoms with van der Waals surface area (Å²) in [7, 11) is 0. The van der Waals surface area contributed by atoms with Gasteiger partial charge in [-0.15, -0.1) is 12.4 Å². The fraction of sp³-hybridized carbons (Fsp3) is 0.423. The molecule has 0 saturated heterocycles. The molecule has 3 aromatic heterocycles. The van der Waals surface area contributed by atoms with Gasteiger partial charge in [0.2, 0.25) is 0 Å². The molecule has 0 spiro atoms. The highest BCUT2D eigenvalue weighted by atomic mass is 35.5. The minimum Gasteiger partial charge on any atom is -0.465 e. The lowest BCUT2D eigenvalue weighted by Crippen LogP contribution is -2.43. The number of carbonyl (C=O) groups excluding carboxylic acids is 1. The highest BCUT2D eigenvalue weighted by Crippen LogP contribution is 2.33. The molecule has 0 unspecified atom stereocenters. The van der Waals surface area contributed by atoms with Crippen molar-refractivity contribution in [3.63, 3.8) is 0 Å². The summed E-state index contributed by atoms with van der Waals surface area (Å²) < 4.78 is 1.72. The Morgan fingerprint density at radius 2 is 1.89 bits per heavy atom. The molecule has 6 N–H and O–H groups in total. The first-order valence-electron chi connectivity index (χ1n) is 12.6. The van der Waals surface area contributed by atoms with Crippen LogP contribution in [0.25, 0.3) is 16.9 Å². The Labute approximate surface area is 226 Å². The van der Waals surface area contributed by atoms with Gasteiger partial charge in [0.05, 0.1) is 39.9 Å². The molecule has 3 aromatic rings. The molecule has 2 saturated carbocycles. The molecule has 0 bridgehead atoms. The Morgan fingerprint density at radius 1 is 1.13 bits per heavy atom. The van der Waals surface area contributed by atoms with E-state index in [9.17, 15) is 9.59 Å². The molecule has 0 aromatic carbocycles. The van der Waals surface area contributed by atoms with Crippen LogP contribution < -0.4 is 21.7 Å². The molecule has 5 rings (SSSR count). The van der Waals surface area contributed by atoms with E-state index in [-0.39, 0.29) is 42.4 Å². The van der Waals surface area contributed by atoms with Gasteiger partial charge in [-0.2, -0.15) is 10.4 Å². The quantitative estimate of drug-likeness (QED) is 0.305. The van der Waals surface area contributed by atoms with Crippen LogP contribution in [0.4, 0.5) is 10.5 Å². The number of amides is 2. The van der Waals surface area contributed by atoms with E-state index in [0.29, 0.717) is 29.1 Å². The number of pyridine rings is 1. The van der Waals surface area contributed by atoms with Gasteiger partial charge >= 0.3 is 6.09 Å². The maximum Gasteiger partial charge on any atom is 0.404 e. The molecule has 2 aliphatic carbocycles. The summed E-state index contributed by atoms with van der Waals surface area (Å²) in [6.45, 7) is 0.415. The molecule has 200 valence electrons. The van der Waals surface area contributed by atoms with Crippen molar-refractivity contribution in [1.82, 2.24) is 25.2 Å². The van der Waals surface area contributed by atoms with Crippen LogP contribution in [-0.2, 0) is 0 Å². The summed E-state index contributed by atoms with van der Waals surface area (Å²) in [6, 6.07) is 9.87. The van der Waals surface area contributed by atoms with Crippen LogP contribution >= 0.6 is 12.4 Å².